The molecule has 2 heterocycles. The molecule has 0 radical (unpaired) electrons. The zero-order valence-corrected chi connectivity index (χ0v) is 18.1. The van der Waals surface area contributed by atoms with Gasteiger partial charge in [-0.15, -0.1) is 0 Å². The van der Waals surface area contributed by atoms with Crippen LogP contribution < -0.4 is 5.32 Å². The lowest BCUT2D eigenvalue weighted by Gasteiger charge is -2.11. The fourth-order valence-electron chi connectivity index (χ4n) is 4.09. The summed E-state index contributed by atoms with van der Waals surface area (Å²) in [5, 5.41) is 8.96. The van der Waals surface area contributed by atoms with Crippen LogP contribution >= 0.6 is 0 Å². The third kappa shape index (κ3) is 3.61. The SMILES string of the molecule is CCc1cc(C(=O)Nc2ccc(C)cc2C)c2c(C3CC3)nn(-c3ccccc3)c2n1. The quantitative estimate of drug-likeness (QED) is 0.457. The van der Waals surface area contributed by atoms with E-state index in [4.69, 9.17) is 10.1 Å². The lowest BCUT2D eigenvalue weighted by atomic mass is 10.0. The Morgan fingerprint density at radius 3 is 2.55 bits per heavy atom. The molecule has 2 aromatic heterocycles. The van der Waals surface area contributed by atoms with Gasteiger partial charge in [0.25, 0.3) is 5.91 Å². The molecule has 2 aromatic carbocycles. The van der Waals surface area contributed by atoms with Crippen molar-refractivity contribution in [3.8, 4) is 5.69 Å². The van der Waals surface area contributed by atoms with Crippen LogP contribution in [0.1, 0.15) is 58.6 Å². The molecular weight excluding hydrogens is 384 g/mol. The van der Waals surface area contributed by atoms with E-state index in [1.165, 1.54) is 5.56 Å². The van der Waals surface area contributed by atoms with E-state index in [2.05, 4.69) is 25.2 Å². The molecule has 31 heavy (non-hydrogen) atoms. The second-order valence-electron chi connectivity index (χ2n) is 8.39. The molecule has 1 aliphatic carbocycles. The number of amides is 1. The standard InChI is InChI=1S/C26H26N4O/c1-4-19-15-21(26(31)28-22-13-10-16(2)14-17(22)3)23-24(18-11-12-18)29-30(25(23)27-19)20-8-6-5-7-9-20/h5-10,13-15,18H,4,11-12H2,1-3H3,(H,28,31). The number of rotatable bonds is 5. The monoisotopic (exact) mass is 410 g/mol. The van der Waals surface area contributed by atoms with Gasteiger partial charge in [0, 0.05) is 17.3 Å². The molecule has 5 heteroatoms. The van der Waals surface area contributed by atoms with E-state index in [0.29, 0.717) is 11.5 Å². The third-order valence-corrected chi connectivity index (χ3v) is 5.92. The lowest BCUT2D eigenvalue weighted by molar-refractivity contribution is 0.102. The number of para-hydroxylation sites is 1. The minimum atomic E-state index is -0.108. The Kier molecular flexibility index (Phi) is 4.81. The van der Waals surface area contributed by atoms with Gasteiger partial charge in [0.1, 0.15) is 0 Å². The molecule has 0 unspecified atom stereocenters. The van der Waals surface area contributed by atoms with Crippen LogP contribution in [0.25, 0.3) is 16.7 Å². The number of nitrogens with zero attached hydrogens (tertiary/aromatic N) is 3. The van der Waals surface area contributed by atoms with Crippen molar-refractivity contribution in [3.63, 3.8) is 0 Å². The molecule has 0 bridgehead atoms. The van der Waals surface area contributed by atoms with Gasteiger partial charge in [-0.25, -0.2) is 9.67 Å². The number of fused-ring (bicyclic) bond motifs is 1. The van der Waals surface area contributed by atoms with Crippen molar-refractivity contribution in [2.24, 2.45) is 0 Å². The Balaban J connectivity index is 1.68. The fourth-order valence-corrected chi connectivity index (χ4v) is 4.09. The number of aryl methyl sites for hydroxylation is 3. The smallest absolute Gasteiger partial charge is 0.256 e. The molecular formula is C26H26N4O. The van der Waals surface area contributed by atoms with E-state index in [-0.39, 0.29) is 5.91 Å². The van der Waals surface area contributed by atoms with Crippen LogP contribution in [0.3, 0.4) is 0 Å². The van der Waals surface area contributed by atoms with Gasteiger partial charge in [0.15, 0.2) is 5.65 Å². The Hall–Kier alpha value is -3.47. The molecule has 1 saturated carbocycles. The molecule has 5 rings (SSSR count). The van der Waals surface area contributed by atoms with Gasteiger partial charge in [-0.1, -0.05) is 42.8 Å². The average Bonchev–Trinajstić information content (AvgIpc) is 3.55. The Labute approximate surface area is 182 Å². The number of pyridine rings is 1. The maximum absolute atomic E-state index is 13.5. The molecule has 1 N–H and O–H groups in total. The summed E-state index contributed by atoms with van der Waals surface area (Å²) in [7, 11) is 0. The molecule has 5 nitrogen and oxygen atoms in total. The molecule has 4 aromatic rings. The van der Waals surface area contributed by atoms with Crippen molar-refractivity contribution in [2.45, 2.75) is 46.0 Å². The summed E-state index contributed by atoms with van der Waals surface area (Å²) in [6.45, 7) is 6.13. The van der Waals surface area contributed by atoms with E-state index >= 15 is 0 Å². The summed E-state index contributed by atoms with van der Waals surface area (Å²) in [6, 6.07) is 18.0. The number of carbonyl (C=O) groups is 1. The molecule has 1 fully saturated rings. The van der Waals surface area contributed by atoms with E-state index < -0.39 is 0 Å². The predicted octanol–water partition coefficient (Wildman–Crippen LogP) is 5.73. The molecule has 156 valence electrons. The summed E-state index contributed by atoms with van der Waals surface area (Å²) >= 11 is 0. The Morgan fingerprint density at radius 2 is 1.87 bits per heavy atom. The highest BCUT2D eigenvalue weighted by Gasteiger charge is 2.32. The first-order chi connectivity index (χ1) is 15.0. The average molecular weight is 411 g/mol. The molecule has 0 aliphatic heterocycles. The number of nitrogens with one attached hydrogen (secondary N) is 1. The topological polar surface area (TPSA) is 59.8 Å². The summed E-state index contributed by atoms with van der Waals surface area (Å²) in [4.78, 5) is 18.4. The highest BCUT2D eigenvalue weighted by molar-refractivity contribution is 6.13. The second kappa shape index (κ2) is 7.65. The number of benzene rings is 2. The first-order valence-electron chi connectivity index (χ1n) is 10.9. The number of hydrogen-bond donors (Lipinski definition) is 1. The molecule has 1 amide bonds. The van der Waals surface area contributed by atoms with Gasteiger partial charge in [0.2, 0.25) is 0 Å². The first kappa shape index (κ1) is 19.5. The van der Waals surface area contributed by atoms with Crippen LogP contribution in [0.2, 0.25) is 0 Å². The van der Waals surface area contributed by atoms with Crippen LogP contribution in [0.4, 0.5) is 5.69 Å². The zero-order chi connectivity index (χ0) is 21.5. The second-order valence-corrected chi connectivity index (χ2v) is 8.39. The molecule has 0 spiro atoms. The summed E-state index contributed by atoms with van der Waals surface area (Å²) in [5.41, 5.74) is 7.32. The largest absolute Gasteiger partial charge is 0.322 e. The van der Waals surface area contributed by atoms with Crippen LogP contribution in [0, 0.1) is 13.8 Å². The minimum Gasteiger partial charge on any atom is -0.322 e. The van der Waals surface area contributed by atoms with Gasteiger partial charge in [-0.05, 0) is 62.9 Å². The number of anilines is 1. The maximum atomic E-state index is 13.5. The van der Waals surface area contributed by atoms with Crippen molar-refractivity contribution in [3.05, 3.63) is 82.7 Å². The van der Waals surface area contributed by atoms with Crippen molar-refractivity contribution < 1.29 is 4.79 Å². The van der Waals surface area contributed by atoms with Gasteiger partial charge in [-0.2, -0.15) is 5.10 Å². The summed E-state index contributed by atoms with van der Waals surface area (Å²) in [5.74, 6) is 0.290. The minimum absolute atomic E-state index is 0.108. The normalized spacial score (nSPS) is 13.5. The van der Waals surface area contributed by atoms with Crippen molar-refractivity contribution >= 4 is 22.6 Å². The molecule has 0 atom stereocenters. The zero-order valence-electron chi connectivity index (χ0n) is 18.1. The van der Waals surface area contributed by atoms with Crippen molar-refractivity contribution in [1.29, 1.82) is 0 Å². The van der Waals surface area contributed by atoms with Crippen molar-refractivity contribution in [2.75, 3.05) is 5.32 Å². The summed E-state index contributed by atoms with van der Waals surface area (Å²) in [6.07, 6.45) is 2.96. The van der Waals surface area contributed by atoms with Gasteiger partial charge < -0.3 is 5.32 Å². The highest BCUT2D eigenvalue weighted by atomic mass is 16.1. The number of hydrogen-bond acceptors (Lipinski definition) is 3. The van der Waals surface area contributed by atoms with Crippen LogP contribution in [-0.4, -0.2) is 20.7 Å². The van der Waals surface area contributed by atoms with Crippen molar-refractivity contribution in [1.82, 2.24) is 14.8 Å². The maximum Gasteiger partial charge on any atom is 0.256 e. The van der Waals surface area contributed by atoms with Gasteiger partial charge in [-0.3, -0.25) is 4.79 Å². The summed E-state index contributed by atoms with van der Waals surface area (Å²) < 4.78 is 1.90. The van der Waals surface area contributed by atoms with Gasteiger partial charge in [0.05, 0.1) is 22.3 Å². The van der Waals surface area contributed by atoms with E-state index in [0.717, 1.165) is 58.6 Å². The highest BCUT2D eigenvalue weighted by Crippen LogP contribution is 2.43. The van der Waals surface area contributed by atoms with E-state index in [9.17, 15) is 4.79 Å². The van der Waals surface area contributed by atoms with Crippen LogP contribution in [0.5, 0.6) is 0 Å². The molecule has 0 saturated heterocycles. The Bertz CT molecular complexity index is 1290. The number of aromatic nitrogens is 3. The number of carbonyl (C=O) groups excluding carboxylic acids is 1. The van der Waals surface area contributed by atoms with Crippen LogP contribution in [-0.2, 0) is 6.42 Å². The van der Waals surface area contributed by atoms with E-state index in [1.807, 2.05) is 60.1 Å². The third-order valence-electron chi connectivity index (χ3n) is 5.92. The Morgan fingerprint density at radius 1 is 1.10 bits per heavy atom. The lowest BCUT2D eigenvalue weighted by Crippen LogP contribution is -2.14. The first-order valence-corrected chi connectivity index (χ1v) is 10.9. The van der Waals surface area contributed by atoms with Crippen LogP contribution in [0.15, 0.2) is 54.6 Å². The van der Waals surface area contributed by atoms with E-state index in [1.54, 1.807) is 0 Å². The van der Waals surface area contributed by atoms with Gasteiger partial charge >= 0.3 is 0 Å². The predicted molar refractivity (Wildman–Crippen MR) is 124 cm³/mol. The fraction of sp³-hybridized carbons (Fsp3) is 0.269. The molecule has 1 aliphatic rings.